The summed E-state index contributed by atoms with van der Waals surface area (Å²) in [4.78, 5) is 17.2. The summed E-state index contributed by atoms with van der Waals surface area (Å²) < 4.78 is 0. The van der Waals surface area contributed by atoms with E-state index in [0.29, 0.717) is 18.6 Å². The van der Waals surface area contributed by atoms with Crippen molar-refractivity contribution in [1.29, 1.82) is 0 Å². The van der Waals surface area contributed by atoms with E-state index in [2.05, 4.69) is 11.9 Å². The van der Waals surface area contributed by atoms with E-state index in [1.54, 1.807) is 0 Å². The van der Waals surface area contributed by atoms with Gasteiger partial charge in [0.1, 0.15) is 0 Å². The SMILES string of the molecule is CN1C2CCC1CN(C(=O)c1cccc(CN)c1)CC2. The molecule has 4 heteroatoms. The Hall–Kier alpha value is -1.39. The topological polar surface area (TPSA) is 49.6 Å². The average Bonchev–Trinajstić information content (AvgIpc) is 2.71. The van der Waals surface area contributed by atoms with E-state index in [0.717, 1.165) is 30.6 Å². The molecule has 2 bridgehead atoms. The zero-order valence-electron chi connectivity index (χ0n) is 12.1. The number of hydrogen-bond acceptors (Lipinski definition) is 3. The first-order valence-corrected chi connectivity index (χ1v) is 7.49. The van der Waals surface area contributed by atoms with Crippen molar-refractivity contribution in [2.45, 2.75) is 37.9 Å². The molecule has 0 saturated carbocycles. The second kappa shape index (κ2) is 5.54. The molecule has 0 spiro atoms. The third-order valence-electron chi connectivity index (χ3n) is 4.85. The van der Waals surface area contributed by atoms with Gasteiger partial charge in [0.05, 0.1) is 0 Å². The molecule has 20 heavy (non-hydrogen) atoms. The van der Waals surface area contributed by atoms with E-state index >= 15 is 0 Å². The number of carbonyl (C=O) groups excluding carboxylic acids is 1. The van der Waals surface area contributed by atoms with Gasteiger partial charge < -0.3 is 10.6 Å². The highest BCUT2D eigenvalue weighted by Crippen LogP contribution is 2.29. The first-order valence-electron chi connectivity index (χ1n) is 7.49. The highest BCUT2D eigenvalue weighted by atomic mass is 16.2. The summed E-state index contributed by atoms with van der Waals surface area (Å²) in [6, 6.07) is 8.90. The van der Waals surface area contributed by atoms with Crippen LogP contribution in [0.1, 0.15) is 35.2 Å². The fraction of sp³-hybridized carbons (Fsp3) is 0.562. The number of fused-ring (bicyclic) bond motifs is 2. The van der Waals surface area contributed by atoms with E-state index in [4.69, 9.17) is 5.73 Å². The Morgan fingerprint density at radius 1 is 1.30 bits per heavy atom. The Kier molecular flexibility index (Phi) is 3.76. The van der Waals surface area contributed by atoms with Gasteiger partial charge in [-0.1, -0.05) is 12.1 Å². The Labute approximate surface area is 120 Å². The smallest absolute Gasteiger partial charge is 0.253 e. The number of carbonyl (C=O) groups is 1. The zero-order valence-corrected chi connectivity index (χ0v) is 12.1. The minimum absolute atomic E-state index is 0.154. The average molecular weight is 273 g/mol. The number of nitrogens with zero attached hydrogens (tertiary/aromatic N) is 2. The molecule has 2 aliphatic heterocycles. The van der Waals surface area contributed by atoms with E-state index in [1.807, 2.05) is 29.2 Å². The Morgan fingerprint density at radius 3 is 2.90 bits per heavy atom. The normalized spacial score (nSPS) is 26.6. The molecule has 2 aliphatic rings. The molecular formula is C16H23N3O. The molecule has 0 aromatic heterocycles. The van der Waals surface area contributed by atoms with Crippen molar-refractivity contribution >= 4 is 5.91 Å². The molecular weight excluding hydrogens is 250 g/mol. The maximum atomic E-state index is 12.7. The van der Waals surface area contributed by atoms with E-state index < -0.39 is 0 Å². The van der Waals surface area contributed by atoms with Crippen LogP contribution in [0.4, 0.5) is 0 Å². The zero-order chi connectivity index (χ0) is 14.1. The maximum absolute atomic E-state index is 12.7. The van der Waals surface area contributed by atoms with Crippen molar-refractivity contribution in [3.05, 3.63) is 35.4 Å². The summed E-state index contributed by atoms with van der Waals surface area (Å²) in [6.45, 7) is 2.21. The van der Waals surface area contributed by atoms with Crippen LogP contribution in [0.5, 0.6) is 0 Å². The molecule has 0 aliphatic carbocycles. The third-order valence-corrected chi connectivity index (χ3v) is 4.85. The lowest BCUT2D eigenvalue weighted by atomic mass is 10.1. The van der Waals surface area contributed by atoms with Gasteiger partial charge in [-0.15, -0.1) is 0 Å². The van der Waals surface area contributed by atoms with E-state index in [9.17, 15) is 4.79 Å². The molecule has 0 radical (unpaired) electrons. The summed E-state index contributed by atoms with van der Waals surface area (Å²) in [5.74, 6) is 0.154. The fourth-order valence-corrected chi connectivity index (χ4v) is 3.51. The Bertz CT molecular complexity index is 502. The summed E-state index contributed by atoms with van der Waals surface area (Å²) in [7, 11) is 2.20. The second-order valence-electron chi connectivity index (χ2n) is 5.99. The first kappa shape index (κ1) is 13.6. The number of likely N-dealkylation sites (N-methyl/N-ethyl adjacent to an activating group) is 1. The largest absolute Gasteiger partial charge is 0.337 e. The molecule has 1 aromatic rings. The van der Waals surface area contributed by atoms with Crippen LogP contribution < -0.4 is 5.73 Å². The molecule has 1 amide bonds. The van der Waals surface area contributed by atoms with Crippen LogP contribution in [-0.4, -0.2) is 47.9 Å². The molecule has 2 N–H and O–H groups in total. The predicted molar refractivity (Wildman–Crippen MR) is 79.4 cm³/mol. The van der Waals surface area contributed by atoms with Crippen molar-refractivity contribution in [2.75, 3.05) is 20.1 Å². The van der Waals surface area contributed by atoms with Crippen LogP contribution >= 0.6 is 0 Å². The van der Waals surface area contributed by atoms with Crippen LogP contribution in [-0.2, 0) is 6.54 Å². The van der Waals surface area contributed by atoms with Crippen LogP contribution in [0.15, 0.2) is 24.3 Å². The van der Waals surface area contributed by atoms with Gasteiger partial charge in [0.15, 0.2) is 0 Å². The van der Waals surface area contributed by atoms with E-state index in [1.165, 1.54) is 12.8 Å². The van der Waals surface area contributed by atoms with Gasteiger partial charge in [-0.05, 0) is 44.0 Å². The van der Waals surface area contributed by atoms with Crippen molar-refractivity contribution in [3.63, 3.8) is 0 Å². The highest BCUT2D eigenvalue weighted by molar-refractivity contribution is 5.94. The molecule has 2 fully saturated rings. The number of nitrogens with two attached hydrogens (primary N) is 1. The molecule has 2 unspecified atom stereocenters. The molecule has 2 atom stereocenters. The third kappa shape index (κ3) is 2.45. The van der Waals surface area contributed by atoms with Gasteiger partial charge in [0.2, 0.25) is 0 Å². The molecule has 1 aromatic carbocycles. The van der Waals surface area contributed by atoms with E-state index in [-0.39, 0.29) is 5.91 Å². The predicted octanol–water partition coefficient (Wildman–Crippen LogP) is 1.45. The van der Waals surface area contributed by atoms with Gasteiger partial charge in [-0.3, -0.25) is 9.69 Å². The van der Waals surface area contributed by atoms with Crippen LogP contribution in [0.2, 0.25) is 0 Å². The van der Waals surface area contributed by atoms with Gasteiger partial charge in [-0.25, -0.2) is 0 Å². The number of rotatable bonds is 2. The lowest BCUT2D eigenvalue weighted by Gasteiger charge is -2.26. The summed E-state index contributed by atoms with van der Waals surface area (Å²) in [6.07, 6.45) is 3.59. The first-order chi connectivity index (χ1) is 9.69. The molecule has 3 rings (SSSR count). The summed E-state index contributed by atoms with van der Waals surface area (Å²) >= 11 is 0. The van der Waals surface area contributed by atoms with Gasteiger partial charge in [0.25, 0.3) is 5.91 Å². The van der Waals surface area contributed by atoms with Crippen LogP contribution in [0, 0.1) is 0 Å². The lowest BCUT2D eigenvalue weighted by molar-refractivity contribution is 0.0740. The number of likely N-dealkylation sites (tertiary alicyclic amines) is 1. The van der Waals surface area contributed by atoms with Gasteiger partial charge in [-0.2, -0.15) is 0 Å². The quantitative estimate of drug-likeness (QED) is 0.887. The minimum Gasteiger partial charge on any atom is -0.337 e. The van der Waals surface area contributed by atoms with Crippen molar-refractivity contribution in [1.82, 2.24) is 9.80 Å². The van der Waals surface area contributed by atoms with Gasteiger partial charge >= 0.3 is 0 Å². The molecule has 2 heterocycles. The summed E-state index contributed by atoms with van der Waals surface area (Å²) in [5, 5.41) is 0. The molecule has 4 nitrogen and oxygen atoms in total. The fourth-order valence-electron chi connectivity index (χ4n) is 3.51. The number of hydrogen-bond donors (Lipinski definition) is 1. The van der Waals surface area contributed by atoms with Crippen molar-refractivity contribution in [2.24, 2.45) is 5.73 Å². The Morgan fingerprint density at radius 2 is 2.10 bits per heavy atom. The van der Waals surface area contributed by atoms with Crippen molar-refractivity contribution < 1.29 is 4.79 Å². The Balaban J connectivity index is 1.77. The van der Waals surface area contributed by atoms with Crippen LogP contribution in [0.3, 0.4) is 0 Å². The van der Waals surface area contributed by atoms with Crippen LogP contribution in [0.25, 0.3) is 0 Å². The molecule has 108 valence electrons. The van der Waals surface area contributed by atoms with Crippen molar-refractivity contribution in [3.8, 4) is 0 Å². The number of benzene rings is 1. The van der Waals surface area contributed by atoms with Gasteiger partial charge in [0, 0.05) is 37.3 Å². The standard InChI is InChI=1S/C16H23N3O/c1-18-14-5-6-15(18)11-19(8-7-14)16(20)13-4-2-3-12(9-13)10-17/h2-4,9,14-15H,5-8,10-11,17H2,1H3. The minimum atomic E-state index is 0.154. The summed E-state index contributed by atoms with van der Waals surface area (Å²) in [5.41, 5.74) is 7.45. The maximum Gasteiger partial charge on any atom is 0.253 e. The lowest BCUT2D eigenvalue weighted by Crippen LogP contribution is -2.39. The monoisotopic (exact) mass is 273 g/mol. The molecule has 2 saturated heterocycles. The highest BCUT2D eigenvalue weighted by Gasteiger charge is 2.36. The number of amides is 1. The second-order valence-corrected chi connectivity index (χ2v) is 5.99.